The summed E-state index contributed by atoms with van der Waals surface area (Å²) >= 11 is 0. The van der Waals surface area contributed by atoms with Gasteiger partial charge < -0.3 is 10.5 Å². The molecule has 2 atom stereocenters. The summed E-state index contributed by atoms with van der Waals surface area (Å²) in [4.78, 5) is 11.6. The van der Waals surface area contributed by atoms with Crippen molar-refractivity contribution in [3.8, 4) is 0 Å². The Bertz CT molecular complexity index is 410. The third-order valence-corrected chi connectivity index (χ3v) is 2.96. The molecule has 0 aromatic carbocycles. The average molecular weight is 223 g/mol. The first-order valence-corrected chi connectivity index (χ1v) is 5.54. The molecule has 5 heteroatoms. The zero-order valence-electron chi connectivity index (χ0n) is 9.43. The van der Waals surface area contributed by atoms with Gasteiger partial charge in [-0.1, -0.05) is 0 Å². The molecule has 1 aliphatic rings. The lowest BCUT2D eigenvalue weighted by atomic mass is 10.0. The molecule has 5 nitrogen and oxygen atoms in total. The van der Waals surface area contributed by atoms with Crippen LogP contribution in [0, 0.1) is 12.8 Å². The molecule has 1 aromatic rings. The van der Waals surface area contributed by atoms with Gasteiger partial charge in [0.2, 0.25) is 0 Å². The van der Waals surface area contributed by atoms with Crippen molar-refractivity contribution in [3.05, 3.63) is 28.2 Å². The number of hydrogen-bond donors (Lipinski definition) is 1. The minimum Gasteiger partial charge on any atom is -0.381 e. The highest BCUT2D eigenvalue weighted by molar-refractivity contribution is 5.02. The first-order chi connectivity index (χ1) is 7.66. The van der Waals surface area contributed by atoms with Crippen molar-refractivity contribution in [2.24, 2.45) is 11.7 Å². The highest BCUT2D eigenvalue weighted by Gasteiger charge is 2.23. The van der Waals surface area contributed by atoms with Crippen LogP contribution in [-0.2, 0) is 11.3 Å². The molecule has 0 spiro atoms. The molecule has 0 bridgehead atoms. The maximum atomic E-state index is 11.6. The molecule has 2 rings (SSSR count). The largest absolute Gasteiger partial charge is 0.381 e. The summed E-state index contributed by atoms with van der Waals surface area (Å²) in [6.45, 7) is 3.78. The Balaban J connectivity index is 2.05. The van der Waals surface area contributed by atoms with Gasteiger partial charge in [-0.3, -0.25) is 4.79 Å². The number of nitrogens with zero attached hydrogens (tertiary/aromatic N) is 2. The fourth-order valence-electron chi connectivity index (χ4n) is 1.90. The van der Waals surface area contributed by atoms with Crippen LogP contribution >= 0.6 is 0 Å². The van der Waals surface area contributed by atoms with Gasteiger partial charge in [-0.25, -0.2) is 4.68 Å². The van der Waals surface area contributed by atoms with Crippen LogP contribution in [0.15, 0.2) is 17.1 Å². The van der Waals surface area contributed by atoms with Crippen LogP contribution in [-0.4, -0.2) is 29.0 Å². The Hall–Kier alpha value is -1.20. The summed E-state index contributed by atoms with van der Waals surface area (Å²) in [5.41, 5.74) is 6.82. The number of ether oxygens (including phenoxy) is 1. The van der Waals surface area contributed by atoms with Crippen LogP contribution in [0.1, 0.15) is 12.0 Å². The average Bonchev–Trinajstić information content (AvgIpc) is 2.75. The van der Waals surface area contributed by atoms with Gasteiger partial charge >= 0.3 is 0 Å². The second-order valence-electron chi connectivity index (χ2n) is 4.34. The summed E-state index contributed by atoms with van der Waals surface area (Å²) in [6.07, 6.45) is 2.65. The standard InChI is InChI=1S/C11H17N3O2/c1-8-4-11(15)14(13-5-8)6-10(12)9-2-3-16-7-9/h4-5,9-10H,2-3,6-7,12H2,1H3. The van der Waals surface area contributed by atoms with E-state index in [1.165, 1.54) is 4.68 Å². The van der Waals surface area contributed by atoms with E-state index in [0.29, 0.717) is 19.1 Å². The predicted molar refractivity (Wildman–Crippen MR) is 60.1 cm³/mol. The van der Waals surface area contributed by atoms with E-state index in [-0.39, 0.29) is 11.6 Å². The highest BCUT2D eigenvalue weighted by Crippen LogP contribution is 2.15. The molecule has 2 N–H and O–H groups in total. The van der Waals surface area contributed by atoms with Gasteiger partial charge in [0.1, 0.15) is 0 Å². The van der Waals surface area contributed by atoms with Crippen LogP contribution < -0.4 is 11.3 Å². The molecular weight excluding hydrogens is 206 g/mol. The SMILES string of the molecule is Cc1cnn(CC(N)C2CCOC2)c(=O)c1. The zero-order valence-corrected chi connectivity index (χ0v) is 9.43. The van der Waals surface area contributed by atoms with E-state index in [0.717, 1.165) is 18.6 Å². The lowest BCUT2D eigenvalue weighted by molar-refractivity contribution is 0.178. The van der Waals surface area contributed by atoms with Gasteiger partial charge in [0.15, 0.2) is 0 Å². The molecule has 88 valence electrons. The van der Waals surface area contributed by atoms with Gasteiger partial charge in [-0.05, 0) is 18.9 Å². The molecule has 1 aliphatic heterocycles. The summed E-state index contributed by atoms with van der Waals surface area (Å²) in [5.74, 6) is 0.343. The van der Waals surface area contributed by atoms with Gasteiger partial charge in [0.05, 0.1) is 19.3 Å². The van der Waals surface area contributed by atoms with Gasteiger partial charge in [-0.15, -0.1) is 0 Å². The molecule has 0 aliphatic carbocycles. The summed E-state index contributed by atoms with van der Waals surface area (Å²) in [7, 11) is 0. The third-order valence-electron chi connectivity index (χ3n) is 2.96. The minimum absolute atomic E-state index is 0.0598. The van der Waals surface area contributed by atoms with Crippen LogP contribution in [0.4, 0.5) is 0 Å². The third kappa shape index (κ3) is 2.48. The van der Waals surface area contributed by atoms with Crippen molar-refractivity contribution < 1.29 is 4.74 Å². The summed E-state index contributed by atoms with van der Waals surface area (Å²) < 4.78 is 6.70. The van der Waals surface area contributed by atoms with Gasteiger partial charge in [0.25, 0.3) is 5.56 Å². The Morgan fingerprint density at radius 1 is 1.75 bits per heavy atom. The number of rotatable bonds is 3. The normalized spacial score (nSPS) is 22.2. The van der Waals surface area contributed by atoms with Crippen molar-refractivity contribution in [2.45, 2.75) is 25.9 Å². The van der Waals surface area contributed by atoms with Crippen molar-refractivity contribution in [1.82, 2.24) is 9.78 Å². The predicted octanol–water partition coefficient (Wildman–Crippen LogP) is -0.0845. The monoisotopic (exact) mass is 223 g/mol. The van der Waals surface area contributed by atoms with E-state index in [1.807, 2.05) is 6.92 Å². The Morgan fingerprint density at radius 2 is 2.56 bits per heavy atom. The van der Waals surface area contributed by atoms with E-state index in [2.05, 4.69) is 5.10 Å². The smallest absolute Gasteiger partial charge is 0.267 e. The van der Waals surface area contributed by atoms with Gasteiger partial charge in [0, 0.05) is 24.6 Å². The van der Waals surface area contributed by atoms with Gasteiger partial charge in [-0.2, -0.15) is 5.10 Å². The van der Waals surface area contributed by atoms with E-state index in [4.69, 9.17) is 10.5 Å². The highest BCUT2D eigenvalue weighted by atomic mass is 16.5. The lowest BCUT2D eigenvalue weighted by Crippen LogP contribution is -2.38. The molecule has 2 unspecified atom stereocenters. The molecule has 1 aromatic heterocycles. The first-order valence-electron chi connectivity index (χ1n) is 5.54. The molecule has 0 amide bonds. The first kappa shape index (κ1) is 11.3. The van der Waals surface area contributed by atoms with Crippen LogP contribution in [0.2, 0.25) is 0 Å². The maximum absolute atomic E-state index is 11.6. The molecule has 1 saturated heterocycles. The van der Waals surface area contributed by atoms with Crippen molar-refractivity contribution in [3.63, 3.8) is 0 Å². The quantitative estimate of drug-likeness (QED) is 0.777. The van der Waals surface area contributed by atoms with Crippen LogP contribution in [0.3, 0.4) is 0 Å². The van der Waals surface area contributed by atoms with E-state index >= 15 is 0 Å². The van der Waals surface area contributed by atoms with Crippen molar-refractivity contribution >= 4 is 0 Å². The van der Waals surface area contributed by atoms with E-state index in [9.17, 15) is 4.79 Å². The van der Waals surface area contributed by atoms with Crippen LogP contribution in [0.5, 0.6) is 0 Å². The van der Waals surface area contributed by atoms with E-state index < -0.39 is 0 Å². The van der Waals surface area contributed by atoms with Crippen molar-refractivity contribution in [2.75, 3.05) is 13.2 Å². The molecule has 2 heterocycles. The fraction of sp³-hybridized carbons (Fsp3) is 0.636. The number of aryl methyl sites for hydroxylation is 1. The second-order valence-corrected chi connectivity index (χ2v) is 4.34. The lowest BCUT2D eigenvalue weighted by Gasteiger charge is -2.17. The number of nitrogens with two attached hydrogens (primary N) is 1. The minimum atomic E-state index is -0.0886. The molecule has 0 radical (unpaired) electrons. The second kappa shape index (κ2) is 4.76. The van der Waals surface area contributed by atoms with E-state index in [1.54, 1.807) is 12.3 Å². The molecule has 16 heavy (non-hydrogen) atoms. The zero-order chi connectivity index (χ0) is 11.5. The topological polar surface area (TPSA) is 70.1 Å². The number of aromatic nitrogens is 2. The Morgan fingerprint density at radius 3 is 3.19 bits per heavy atom. The molecule has 0 saturated carbocycles. The molecular formula is C11H17N3O2. The van der Waals surface area contributed by atoms with Crippen molar-refractivity contribution in [1.29, 1.82) is 0 Å². The number of hydrogen-bond acceptors (Lipinski definition) is 4. The summed E-state index contributed by atoms with van der Waals surface area (Å²) in [6, 6.07) is 1.51. The Labute approximate surface area is 94.2 Å². The Kier molecular flexibility index (Phi) is 3.36. The summed E-state index contributed by atoms with van der Waals surface area (Å²) in [5, 5.41) is 4.07. The van der Waals surface area contributed by atoms with Crippen LogP contribution in [0.25, 0.3) is 0 Å². The maximum Gasteiger partial charge on any atom is 0.267 e. The molecule has 1 fully saturated rings. The fourth-order valence-corrected chi connectivity index (χ4v) is 1.90.